The Morgan fingerprint density at radius 1 is 1.11 bits per heavy atom. The van der Waals surface area contributed by atoms with Gasteiger partial charge in [-0.1, -0.05) is 5.16 Å². The van der Waals surface area contributed by atoms with Gasteiger partial charge in [-0.2, -0.15) is 0 Å². The number of carbonyl (C=O) groups is 6. The molecule has 1 saturated heterocycles. The molecule has 1 aliphatic heterocycles. The largest absolute Gasteiger partial charge is 0.458 e. The highest BCUT2D eigenvalue weighted by Gasteiger charge is 2.42. The maximum absolute atomic E-state index is 13.3. The minimum Gasteiger partial charge on any atom is -0.458 e. The predicted octanol–water partition coefficient (Wildman–Crippen LogP) is 0.946. The number of imide groups is 1. The van der Waals surface area contributed by atoms with Gasteiger partial charge in [-0.15, -0.1) is 34.5 Å². The highest BCUT2D eigenvalue weighted by molar-refractivity contribution is 7.14. The number of thiazole rings is 1. The molecule has 21 heteroatoms. The number of halogens is 2. The van der Waals surface area contributed by atoms with Crippen LogP contribution in [0.2, 0.25) is 0 Å². The summed E-state index contributed by atoms with van der Waals surface area (Å²) in [6.45, 7) is 1.91. The Bertz CT molecular complexity index is 1550. The third-order valence-electron chi connectivity index (χ3n) is 5.76. The van der Waals surface area contributed by atoms with E-state index in [4.69, 9.17) is 37.5 Å². The van der Waals surface area contributed by atoms with Crippen LogP contribution in [0, 0.1) is 10.1 Å². The number of ether oxygens (including phenoxy) is 2. The second-order valence-electron chi connectivity index (χ2n) is 9.61. The molecule has 18 nitrogen and oxygen atoms in total. The highest BCUT2D eigenvalue weighted by atomic mass is 35.5. The van der Waals surface area contributed by atoms with Gasteiger partial charge < -0.3 is 30.3 Å². The Labute approximate surface area is 273 Å². The molecule has 1 fully saturated rings. The Hall–Kier alpha value is -4.88. The molecule has 2 unspecified atom stereocenters. The van der Waals surface area contributed by atoms with Crippen molar-refractivity contribution in [3.63, 3.8) is 0 Å². The molecule has 3 rings (SSSR count). The number of nitrogens with one attached hydrogen (secondary N) is 4. The number of alkyl halides is 2. The molecule has 5 amide bonds. The number of hydrogen-bond acceptors (Lipinski definition) is 14. The maximum atomic E-state index is 13.3. The van der Waals surface area contributed by atoms with Gasteiger partial charge in [0, 0.05) is 17.5 Å². The highest BCUT2D eigenvalue weighted by Crippen LogP contribution is 2.20. The fourth-order valence-electron chi connectivity index (χ4n) is 3.34. The normalized spacial score (nSPS) is 15.8. The first-order valence-electron chi connectivity index (χ1n) is 12.9. The molecule has 0 spiro atoms. The number of hydrogen-bond donors (Lipinski definition) is 4. The summed E-state index contributed by atoms with van der Waals surface area (Å²) in [6.07, 6.45) is -1.12. The lowest BCUT2D eigenvalue weighted by atomic mass is 9.99. The number of aromatic nitrogens is 1. The van der Waals surface area contributed by atoms with Crippen LogP contribution in [0.3, 0.4) is 0 Å². The first-order chi connectivity index (χ1) is 21.7. The predicted molar refractivity (Wildman–Crippen MR) is 160 cm³/mol. The molecule has 0 bridgehead atoms. The Kier molecular flexibility index (Phi) is 12.3. The molecule has 246 valence electrons. The topological polar surface area (TPSA) is 247 Å². The van der Waals surface area contributed by atoms with E-state index in [1.54, 1.807) is 0 Å². The van der Waals surface area contributed by atoms with E-state index in [-0.39, 0.29) is 29.0 Å². The number of nitro groups is 1. The molecule has 2 heterocycles. The van der Waals surface area contributed by atoms with E-state index in [2.05, 4.69) is 26.1 Å². The number of nitrogens with zero attached hydrogens (tertiary/aromatic N) is 3. The molecule has 2 aromatic rings. The summed E-state index contributed by atoms with van der Waals surface area (Å²) in [6, 6.07) is 3.19. The number of anilines is 1. The van der Waals surface area contributed by atoms with Crippen molar-refractivity contribution in [1.29, 1.82) is 0 Å². The smallest absolute Gasteiger partial charge is 0.413 e. The summed E-state index contributed by atoms with van der Waals surface area (Å²) in [7, 11) is 0. The van der Waals surface area contributed by atoms with E-state index in [0.717, 1.165) is 11.3 Å². The Morgan fingerprint density at radius 2 is 1.78 bits per heavy atom. The van der Waals surface area contributed by atoms with Gasteiger partial charge >= 0.3 is 12.1 Å². The zero-order chi connectivity index (χ0) is 34.0. The first-order valence-corrected chi connectivity index (χ1v) is 14.8. The Balaban J connectivity index is 1.74. The standard InChI is InChI=1S/C25H25Cl2N7O11S/c1-25(2,22(39)43-9-12-3-5-13(6-4-12)34(41)42)45-33-19(15-11-46-23(29-15)30-16(35)7-26)21(38)32-18-14(28-20(18)37)10-44-24(40)31-17(36)8-27/h3-6,11,14,18H,7-10H2,1-2H3,(H,28,37)(H,32,38)(H,29,30,35)(H,31,36,40)/b33-19-. The fourth-order valence-corrected chi connectivity index (χ4v) is 4.18. The molecule has 46 heavy (non-hydrogen) atoms. The van der Waals surface area contributed by atoms with Gasteiger partial charge in [0.05, 0.1) is 11.0 Å². The van der Waals surface area contributed by atoms with Crippen LogP contribution in [-0.4, -0.2) is 87.4 Å². The van der Waals surface area contributed by atoms with Gasteiger partial charge in [-0.05, 0) is 31.5 Å². The molecule has 0 saturated carbocycles. The van der Waals surface area contributed by atoms with E-state index in [9.17, 15) is 38.9 Å². The van der Waals surface area contributed by atoms with E-state index < -0.39 is 76.5 Å². The first kappa shape index (κ1) is 35.6. The van der Waals surface area contributed by atoms with E-state index in [0.29, 0.717) is 5.56 Å². The maximum Gasteiger partial charge on any atom is 0.413 e. The summed E-state index contributed by atoms with van der Waals surface area (Å²) in [5, 5.41) is 25.1. The van der Waals surface area contributed by atoms with Gasteiger partial charge in [-0.25, -0.2) is 14.6 Å². The van der Waals surface area contributed by atoms with Gasteiger partial charge in [0.15, 0.2) is 10.8 Å². The number of non-ortho nitro benzene ring substituents is 1. The van der Waals surface area contributed by atoms with Crippen molar-refractivity contribution in [3.8, 4) is 0 Å². The van der Waals surface area contributed by atoms with Gasteiger partial charge in [0.25, 0.3) is 11.6 Å². The van der Waals surface area contributed by atoms with Crippen molar-refractivity contribution in [3.05, 3.63) is 51.0 Å². The number of rotatable bonds is 14. The summed E-state index contributed by atoms with van der Waals surface area (Å²) in [4.78, 5) is 92.7. The summed E-state index contributed by atoms with van der Waals surface area (Å²) in [5.41, 5.74) is -2.10. The van der Waals surface area contributed by atoms with Crippen molar-refractivity contribution in [2.75, 3.05) is 23.7 Å². The molecule has 0 radical (unpaired) electrons. The average molecular weight is 702 g/mol. The van der Waals surface area contributed by atoms with Crippen molar-refractivity contribution >= 4 is 86.8 Å². The van der Waals surface area contributed by atoms with Crippen LogP contribution in [0.15, 0.2) is 34.8 Å². The number of alkyl carbamates (subject to hydrolysis) is 1. The number of oxime groups is 1. The lowest BCUT2D eigenvalue weighted by Crippen LogP contribution is -2.71. The van der Waals surface area contributed by atoms with Gasteiger partial charge in [0.2, 0.25) is 23.3 Å². The van der Waals surface area contributed by atoms with E-state index >= 15 is 0 Å². The third-order valence-corrected chi connectivity index (χ3v) is 7.00. The van der Waals surface area contributed by atoms with Crippen LogP contribution < -0.4 is 21.3 Å². The number of β-lactam (4-membered cyclic amide) rings is 1. The lowest BCUT2D eigenvalue weighted by Gasteiger charge is -2.36. The summed E-state index contributed by atoms with van der Waals surface area (Å²) >= 11 is 11.7. The van der Waals surface area contributed by atoms with Gasteiger partial charge in [0.1, 0.15) is 36.7 Å². The van der Waals surface area contributed by atoms with Crippen LogP contribution >= 0.6 is 34.5 Å². The van der Waals surface area contributed by atoms with Crippen LogP contribution in [0.1, 0.15) is 25.1 Å². The van der Waals surface area contributed by atoms with E-state index in [1.165, 1.54) is 43.5 Å². The molecule has 2 atom stereocenters. The molecule has 4 N–H and O–H groups in total. The van der Waals surface area contributed by atoms with Crippen LogP contribution in [0.4, 0.5) is 15.6 Å². The summed E-state index contributed by atoms with van der Waals surface area (Å²) in [5.74, 6) is -4.79. The molecule has 0 aliphatic carbocycles. The molecule has 1 aromatic heterocycles. The molecular weight excluding hydrogens is 677 g/mol. The van der Waals surface area contributed by atoms with Crippen LogP contribution in [0.5, 0.6) is 0 Å². The van der Waals surface area contributed by atoms with E-state index in [1.807, 2.05) is 5.32 Å². The summed E-state index contributed by atoms with van der Waals surface area (Å²) < 4.78 is 10.1. The van der Waals surface area contributed by atoms with Crippen LogP contribution in [-0.2, 0) is 44.9 Å². The Morgan fingerprint density at radius 3 is 2.39 bits per heavy atom. The molecule has 1 aromatic carbocycles. The van der Waals surface area contributed by atoms with Crippen LogP contribution in [0.25, 0.3) is 0 Å². The number of nitro benzene ring substituents is 1. The lowest BCUT2D eigenvalue weighted by molar-refractivity contribution is -0.384. The van der Waals surface area contributed by atoms with Crippen molar-refractivity contribution in [2.45, 2.75) is 38.1 Å². The molecule has 1 aliphatic rings. The monoisotopic (exact) mass is 701 g/mol. The fraction of sp³-hybridized carbons (Fsp3) is 0.360. The zero-order valence-electron chi connectivity index (χ0n) is 23.9. The minimum absolute atomic E-state index is 0.0492. The minimum atomic E-state index is -1.78. The third kappa shape index (κ3) is 9.81. The number of esters is 1. The van der Waals surface area contributed by atoms with Crippen molar-refractivity contribution in [1.82, 2.24) is 20.9 Å². The SMILES string of the molecule is CC(C)(O/N=C(\C(=O)NC1C(=O)NC1COC(=O)NC(=O)CCl)c1csc(NC(=O)CCl)n1)C(=O)OCc1ccc([N+](=O)[O-])cc1. The number of carbonyl (C=O) groups excluding carboxylic acids is 6. The van der Waals surface area contributed by atoms with Gasteiger partial charge in [-0.3, -0.25) is 34.6 Å². The molecular formula is C25H25Cl2N7O11S. The average Bonchev–Trinajstić information content (AvgIpc) is 3.48. The zero-order valence-corrected chi connectivity index (χ0v) is 26.2. The second kappa shape index (κ2) is 15.9. The van der Waals surface area contributed by atoms with Crippen molar-refractivity contribution in [2.24, 2.45) is 5.16 Å². The second-order valence-corrected chi connectivity index (χ2v) is 11.0. The number of amides is 5. The number of benzene rings is 1. The quantitative estimate of drug-likeness (QED) is 0.0537. The van der Waals surface area contributed by atoms with Crippen molar-refractivity contribution < 1.29 is 48.0 Å².